The smallest absolute Gasteiger partial charge is 0.253 e. The molecule has 28 heavy (non-hydrogen) atoms. The standard InChI is InChI=1S/C20H20N4O3S/c25-20(15-3-6-19-21-7-8-23(19)11-15)22-10-14-1-4-18(5-2-14)28(26,27)24-12-16-9-17(16)13-24/h1-8,11,16-17H,9-10,12-13H2,(H,22,25). The molecule has 1 saturated heterocycles. The molecule has 2 unspecified atom stereocenters. The van der Waals surface area contributed by atoms with E-state index in [2.05, 4.69) is 10.3 Å². The number of piperidine rings is 1. The lowest BCUT2D eigenvalue weighted by atomic mass is 10.2. The van der Waals surface area contributed by atoms with Gasteiger partial charge in [-0.1, -0.05) is 12.1 Å². The molecule has 3 aromatic rings. The van der Waals surface area contributed by atoms with E-state index >= 15 is 0 Å². The van der Waals surface area contributed by atoms with Crippen LogP contribution >= 0.6 is 0 Å². The van der Waals surface area contributed by atoms with Gasteiger partial charge in [0.15, 0.2) is 0 Å². The highest BCUT2D eigenvalue weighted by atomic mass is 32.2. The fourth-order valence-corrected chi connectivity index (χ4v) is 5.37. The first kappa shape index (κ1) is 17.4. The molecular weight excluding hydrogens is 376 g/mol. The van der Waals surface area contributed by atoms with Crippen molar-refractivity contribution in [2.24, 2.45) is 11.8 Å². The third kappa shape index (κ3) is 3.08. The lowest BCUT2D eigenvalue weighted by molar-refractivity contribution is 0.0950. The normalized spacial score (nSPS) is 21.6. The first-order chi connectivity index (χ1) is 13.5. The number of hydrogen-bond acceptors (Lipinski definition) is 4. The number of hydrogen-bond donors (Lipinski definition) is 1. The summed E-state index contributed by atoms with van der Waals surface area (Å²) in [5.41, 5.74) is 2.17. The Kier molecular flexibility index (Phi) is 3.99. The van der Waals surface area contributed by atoms with Crippen molar-refractivity contribution in [3.05, 3.63) is 66.1 Å². The molecule has 1 amide bonds. The van der Waals surface area contributed by atoms with Crippen molar-refractivity contribution in [1.29, 1.82) is 0 Å². The van der Waals surface area contributed by atoms with Crippen LogP contribution in [0.25, 0.3) is 5.65 Å². The Bertz CT molecular complexity index is 1140. The quantitative estimate of drug-likeness (QED) is 0.714. The van der Waals surface area contributed by atoms with Crippen molar-refractivity contribution in [2.75, 3.05) is 13.1 Å². The molecule has 144 valence electrons. The Morgan fingerprint density at radius 3 is 2.61 bits per heavy atom. The van der Waals surface area contributed by atoms with E-state index in [0.717, 1.165) is 11.2 Å². The molecule has 2 fully saturated rings. The number of nitrogens with one attached hydrogen (secondary N) is 1. The minimum Gasteiger partial charge on any atom is -0.348 e. The average Bonchev–Trinajstić information content (AvgIpc) is 3.09. The van der Waals surface area contributed by atoms with Crippen molar-refractivity contribution in [3.8, 4) is 0 Å². The molecule has 1 aromatic carbocycles. The highest BCUT2D eigenvalue weighted by molar-refractivity contribution is 7.89. The Hall–Kier alpha value is -2.71. The molecule has 7 nitrogen and oxygen atoms in total. The molecule has 1 N–H and O–H groups in total. The van der Waals surface area contributed by atoms with E-state index in [1.54, 1.807) is 63.7 Å². The molecule has 8 heteroatoms. The van der Waals surface area contributed by atoms with E-state index in [1.165, 1.54) is 6.42 Å². The first-order valence-electron chi connectivity index (χ1n) is 9.31. The van der Waals surface area contributed by atoms with Gasteiger partial charge < -0.3 is 9.72 Å². The van der Waals surface area contributed by atoms with Gasteiger partial charge in [0.1, 0.15) is 5.65 Å². The molecule has 1 saturated carbocycles. The van der Waals surface area contributed by atoms with Gasteiger partial charge in [0, 0.05) is 38.2 Å². The second kappa shape index (κ2) is 6.42. The first-order valence-corrected chi connectivity index (χ1v) is 10.7. The van der Waals surface area contributed by atoms with Crippen molar-refractivity contribution < 1.29 is 13.2 Å². The van der Waals surface area contributed by atoms with Gasteiger partial charge in [-0.25, -0.2) is 13.4 Å². The SMILES string of the molecule is O=C(NCc1ccc(S(=O)(=O)N2CC3CC3C2)cc1)c1ccc2nccn2c1. The number of aromatic nitrogens is 2. The van der Waals surface area contributed by atoms with Crippen LogP contribution < -0.4 is 5.32 Å². The van der Waals surface area contributed by atoms with Crippen LogP contribution in [0.4, 0.5) is 0 Å². The Labute approximate surface area is 163 Å². The zero-order valence-electron chi connectivity index (χ0n) is 15.2. The topological polar surface area (TPSA) is 83.8 Å². The second-order valence-electron chi connectivity index (χ2n) is 7.51. The lowest BCUT2D eigenvalue weighted by Gasteiger charge is -2.18. The molecule has 1 aliphatic carbocycles. The third-order valence-electron chi connectivity index (χ3n) is 5.61. The number of benzene rings is 1. The molecule has 5 rings (SSSR count). The molecule has 2 aliphatic rings. The number of pyridine rings is 1. The minimum atomic E-state index is -3.41. The van der Waals surface area contributed by atoms with Crippen LogP contribution in [-0.4, -0.2) is 41.1 Å². The largest absolute Gasteiger partial charge is 0.348 e. The predicted molar refractivity (Wildman–Crippen MR) is 103 cm³/mol. The number of carbonyl (C=O) groups excluding carboxylic acids is 1. The lowest BCUT2D eigenvalue weighted by Crippen LogP contribution is -2.30. The fraction of sp³-hybridized carbons (Fsp3) is 0.300. The van der Waals surface area contributed by atoms with Crippen molar-refractivity contribution >= 4 is 21.6 Å². The van der Waals surface area contributed by atoms with Crippen LogP contribution in [0.5, 0.6) is 0 Å². The summed E-state index contributed by atoms with van der Waals surface area (Å²) in [4.78, 5) is 16.8. The third-order valence-corrected chi connectivity index (χ3v) is 7.46. The van der Waals surface area contributed by atoms with E-state index in [-0.39, 0.29) is 5.91 Å². The zero-order chi connectivity index (χ0) is 19.3. The summed E-state index contributed by atoms with van der Waals surface area (Å²) < 4.78 is 28.8. The second-order valence-corrected chi connectivity index (χ2v) is 9.45. The van der Waals surface area contributed by atoms with Crippen LogP contribution in [0.3, 0.4) is 0 Å². The summed E-state index contributed by atoms with van der Waals surface area (Å²) in [6, 6.07) is 10.3. The highest BCUT2D eigenvalue weighted by Gasteiger charge is 2.48. The highest BCUT2D eigenvalue weighted by Crippen LogP contribution is 2.46. The zero-order valence-corrected chi connectivity index (χ0v) is 16.0. The van der Waals surface area contributed by atoms with Gasteiger partial charge in [-0.3, -0.25) is 4.79 Å². The number of nitrogens with zero attached hydrogens (tertiary/aromatic N) is 3. The monoisotopic (exact) mass is 396 g/mol. The van der Waals surface area contributed by atoms with Crippen LogP contribution in [0.1, 0.15) is 22.3 Å². The molecule has 0 radical (unpaired) electrons. The van der Waals surface area contributed by atoms with E-state index in [1.807, 2.05) is 0 Å². The van der Waals surface area contributed by atoms with Gasteiger partial charge in [-0.2, -0.15) is 4.31 Å². The summed E-state index contributed by atoms with van der Waals surface area (Å²) in [6.45, 7) is 1.62. The number of fused-ring (bicyclic) bond motifs is 2. The van der Waals surface area contributed by atoms with Gasteiger partial charge >= 0.3 is 0 Å². The number of amides is 1. The van der Waals surface area contributed by atoms with Gasteiger partial charge in [-0.05, 0) is 48.1 Å². The number of imidazole rings is 1. The molecule has 0 spiro atoms. The van der Waals surface area contributed by atoms with Crippen molar-refractivity contribution in [2.45, 2.75) is 17.9 Å². The van der Waals surface area contributed by atoms with Crippen LogP contribution in [0, 0.1) is 11.8 Å². The number of rotatable bonds is 5. The minimum absolute atomic E-state index is 0.191. The Morgan fingerprint density at radius 2 is 1.86 bits per heavy atom. The van der Waals surface area contributed by atoms with Crippen LogP contribution in [0.2, 0.25) is 0 Å². The van der Waals surface area contributed by atoms with Gasteiger partial charge in [-0.15, -0.1) is 0 Å². The predicted octanol–water partition coefficient (Wildman–Crippen LogP) is 1.90. The summed E-state index contributed by atoms with van der Waals surface area (Å²) in [7, 11) is -3.41. The fourth-order valence-electron chi connectivity index (χ4n) is 3.82. The Morgan fingerprint density at radius 1 is 1.11 bits per heavy atom. The molecular formula is C20H20N4O3S. The molecule has 1 aliphatic heterocycles. The number of carbonyl (C=O) groups is 1. The number of sulfonamides is 1. The van der Waals surface area contributed by atoms with E-state index < -0.39 is 10.0 Å². The molecule has 0 bridgehead atoms. The summed E-state index contributed by atoms with van der Waals surface area (Å²) in [5, 5.41) is 2.86. The van der Waals surface area contributed by atoms with Crippen molar-refractivity contribution in [1.82, 2.24) is 19.0 Å². The Balaban J connectivity index is 1.24. The van der Waals surface area contributed by atoms with E-state index in [9.17, 15) is 13.2 Å². The van der Waals surface area contributed by atoms with Crippen LogP contribution in [-0.2, 0) is 16.6 Å². The van der Waals surface area contributed by atoms with E-state index in [4.69, 9.17) is 0 Å². The molecule has 3 heterocycles. The average molecular weight is 396 g/mol. The summed E-state index contributed by atoms with van der Waals surface area (Å²) in [6.07, 6.45) is 6.36. The van der Waals surface area contributed by atoms with Crippen molar-refractivity contribution in [3.63, 3.8) is 0 Å². The maximum atomic E-state index is 12.7. The summed E-state index contributed by atoms with van der Waals surface area (Å²) in [5.74, 6) is 0.931. The maximum absolute atomic E-state index is 12.7. The van der Waals surface area contributed by atoms with Gasteiger partial charge in [0.05, 0.1) is 10.5 Å². The van der Waals surface area contributed by atoms with Gasteiger partial charge in [0.2, 0.25) is 10.0 Å². The molecule has 2 aromatic heterocycles. The maximum Gasteiger partial charge on any atom is 0.253 e. The summed E-state index contributed by atoms with van der Waals surface area (Å²) >= 11 is 0. The van der Waals surface area contributed by atoms with Crippen LogP contribution in [0.15, 0.2) is 59.9 Å². The molecule has 2 atom stereocenters. The van der Waals surface area contributed by atoms with Gasteiger partial charge in [0.25, 0.3) is 5.91 Å². The van der Waals surface area contributed by atoms with E-state index in [0.29, 0.717) is 41.9 Å².